The van der Waals surface area contributed by atoms with Crippen LogP contribution in [0.1, 0.15) is 24.2 Å². The van der Waals surface area contributed by atoms with Gasteiger partial charge >= 0.3 is 0 Å². The lowest BCUT2D eigenvalue weighted by molar-refractivity contribution is 0.588. The number of hydrogen-bond donors (Lipinski definition) is 2. The molecule has 1 saturated heterocycles. The predicted molar refractivity (Wildman–Crippen MR) is 54.6 cm³/mol. The van der Waals surface area contributed by atoms with Crippen molar-refractivity contribution >= 4 is 0 Å². The van der Waals surface area contributed by atoms with E-state index in [0.717, 1.165) is 19.5 Å². The summed E-state index contributed by atoms with van der Waals surface area (Å²) in [6.07, 6.45) is 1.48. The van der Waals surface area contributed by atoms with E-state index in [1.54, 1.807) is 0 Å². The molecule has 2 nitrogen and oxygen atoms in total. The van der Waals surface area contributed by atoms with Gasteiger partial charge in [0.25, 0.3) is 0 Å². The Labute approximate surface area is 79.4 Å². The summed E-state index contributed by atoms with van der Waals surface area (Å²) in [5.74, 6) is 0. The summed E-state index contributed by atoms with van der Waals surface area (Å²) in [4.78, 5) is 0. The minimum absolute atomic E-state index is 0.367. The lowest BCUT2D eigenvalue weighted by atomic mass is 10.1. The lowest BCUT2D eigenvalue weighted by Gasteiger charge is -2.11. The van der Waals surface area contributed by atoms with Gasteiger partial charge in [-0.15, -0.1) is 0 Å². The molecular weight excluding hydrogens is 160 g/mol. The smallest absolute Gasteiger partial charge is 0.0836 e. The second-order valence-corrected chi connectivity index (χ2v) is 3.44. The Hall–Kier alpha value is -0.860. The summed E-state index contributed by atoms with van der Waals surface area (Å²) in [5.41, 5.74) is 2.75. The van der Waals surface area contributed by atoms with E-state index in [1.807, 2.05) is 0 Å². The van der Waals surface area contributed by atoms with Crippen molar-refractivity contribution in [2.24, 2.45) is 0 Å². The first-order chi connectivity index (χ1) is 6.40. The van der Waals surface area contributed by atoms with Gasteiger partial charge in [-0.25, -0.2) is 0 Å². The molecule has 1 heterocycles. The zero-order valence-corrected chi connectivity index (χ0v) is 8.01. The molecule has 0 amide bonds. The van der Waals surface area contributed by atoms with Crippen LogP contribution < -0.4 is 10.6 Å². The van der Waals surface area contributed by atoms with Gasteiger partial charge in [-0.3, -0.25) is 10.6 Å². The van der Waals surface area contributed by atoms with Gasteiger partial charge < -0.3 is 0 Å². The summed E-state index contributed by atoms with van der Waals surface area (Å²) in [6.45, 7) is 4.32. The van der Waals surface area contributed by atoms with Crippen molar-refractivity contribution < 1.29 is 0 Å². The molecule has 0 atom stereocenters. The monoisotopic (exact) mass is 176 g/mol. The maximum atomic E-state index is 3.40. The molecule has 13 heavy (non-hydrogen) atoms. The van der Waals surface area contributed by atoms with Crippen molar-refractivity contribution in [3.63, 3.8) is 0 Å². The van der Waals surface area contributed by atoms with Gasteiger partial charge in [0.1, 0.15) is 0 Å². The highest BCUT2D eigenvalue weighted by atomic mass is 15.2. The summed E-state index contributed by atoms with van der Waals surface area (Å²) in [6, 6.07) is 8.82. The number of rotatable bonds is 2. The molecule has 0 bridgehead atoms. The van der Waals surface area contributed by atoms with E-state index >= 15 is 0 Å². The second-order valence-electron chi connectivity index (χ2n) is 3.44. The average Bonchev–Trinajstić information content (AvgIpc) is 2.71. The number of aryl methyl sites for hydroxylation is 1. The standard InChI is InChI=1S/C11H16N2/c1-2-9-3-5-10(6-4-9)11-12-7-8-13-11/h3-6,11-13H,2,7-8H2,1H3. The quantitative estimate of drug-likeness (QED) is 0.712. The number of nitrogens with one attached hydrogen (secondary N) is 2. The van der Waals surface area contributed by atoms with Gasteiger partial charge in [-0.05, 0) is 17.5 Å². The van der Waals surface area contributed by atoms with Crippen LogP contribution in [0.25, 0.3) is 0 Å². The van der Waals surface area contributed by atoms with Gasteiger partial charge in [-0.2, -0.15) is 0 Å². The fourth-order valence-electron chi connectivity index (χ4n) is 1.69. The molecule has 2 rings (SSSR count). The molecule has 1 aromatic carbocycles. The van der Waals surface area contributed by atoms with Gasteiger partial charge in [-0.1, -0.05) is 31.2 Å². The zero-order chi connectivity index (χ0) is 9.10. The Morgan fingerprint density at radius 1 is 1.15 bits per heavy atom. The third-order valence-electron chi connectivity index (χ3n) is 2.54. The van der Waals surface area contributed by atoms with Crippen LogP contribution in [0.15, 0.2) is 24.3 Å². The minimum Gasteiger partial charge on any atom is -0.297 e. The minimum atomic E-state index is 0.367. The molecule has 0 spiro atoms. The molecule has 70 valence electrons. The summed E-state index contributed by atoms with van der Waals surface area (Å²) in [7, 11) is 0. The molecule has 2 heteroatoms. The average molecular weight is 176 g/mol. The summed E-state index contributed by atoms with van der Waals surface area (Å²) >= 11 is 0. The van der Waals surface area contributed by atoms with Crippen molar-refractivity contribution in [2.75, 3.05) is 13.1 Å². The van der Waals surface area contributed by atoms with Crippen LogP contribution in [-0.2, 0) is 6.42 Å². The molecule has 1 aromatic rings. The van der Waals surface area contributed by atoms with E-state index in [9.17, 15) is 0 Å². The Morgan fingerprint density at radius 3 is 2.31 bits per heavy atom. The number of hydrogen-bond acceptors (Lipinski definition) is 2. The maximum absolute atomic E-state index is 3.40. The summed E-state index contributed by atoms with van der Waals surface area (Å²) in [5, 5.41) is 6.80. The molecule has 0 saturated carbocycles. The van der Waals surface area contributed by atoms with Crippen molar-refractivity contribution in [3.8, 4) is 0 Å². The fraction of sp³-hybridized carbons (Fsp3) is 0.455. The van der Waals surface area contributed by atoms with Crippen molar-refractivity contribution in [2.45, 2.75) is 19.5 Å². The SMILES string of the molecule is CCc1ccc(C2NCCN2)cc1. The normalized spacial score (nSPS) is 17.9. The fourth-order valence-corrected chi connectivity index (χ4v) is 1.69. The Balaban J connectivity index is 2.12. The van der Waals surface area contributed by atoms with Crippen molar-refractivity contribution in [1.82, 2.24) is 10.6 Å². The second kappa shape index (κ2) is 3.90. The van der Waals surface area contributed by atoms with Crippen molar-refractivity contribution in [1.29, 1.82) is 0 Å². The topological polar surface area (TPSA) is 24.1 Å². The van der Waals surface area contributed by atoms with E-state index in [4.69, 9.17) is 0 Å². The Bertz CT molecular complexity index is 260. The van der Waals surface area contributed by atoms with Crippen molar-refractivity contribution in [3.05, 3.63) is 35.4 Å². The zero-order valence-electron chi connectivity index (χ0n) is 8.01. The third-order valence-corrected chi connectivity index (χ3v) is 2.54. The molecule has 0 aromatic heterocycles. The molecular formula is C11H16N2. The van der Waals surface area contributed by atoms with E-state index in [1.165, 1.54) is 11.1 Å². The molecule has 0 unspecified atom stereocenters. The van der Waals surface area contributed by atoms with Crippen LogP contribution in [0.4, 0.5) is 0 Å². The molecule has 1 fully saturated rings. The van der Waals surface area contributed by atoms with Crippen LogP contribution >= 0.6 is 0 Å². The highest BCUT2D eigenvalue weighted by Crippen LogP contribution is 2.13. The van der Waals surface area contributed by atoms with E-state index in [0.29, 0.717) is 6.17 Å². The highest BCUT2D eigenvalue weighted by Gasteiger charge is 2.13. The molecule has 1 aliphatic heterocycles. The first kappa shape index (κ1) is 8.73. The Kier molecular flexibility index (Phi) is 2.62. The van der Waals surface area contributed by atoms with Gasteiger partial charge in [0.15, 0.2) is 0 Å². The third kappa shape index (κ3) is 1.90. The highest BCUT2D eigenvalue weighted by molar-refractivity contribution is 5.25. The van der Waals surface area contributed by atoms with E-state index in [-0.39, 0.29) is 0 Å². The predicted octanol–water partition coefficient (Wildman–Crippen LogP) is 1.44. The maximum Gasteiger partial charge on any atom is 0.0836 e. The molecule has 1 aliphatic rings. The lowest BCUT2D eigenvalue weighted by Crippen LogP contribution is -2.20. The van der Waals surface area contributed by atoms with E-state index in [2.05, 4.69) is 41.8 Å². The largest absolute Gasteiger partial charge is 0.297 e. The van der Waals surface area contributed by atoms with E-state index < -0.39 is 0 Å². The molecule has 0 radical (unpaired) electrons. The number of benzene rings is 1. The Morgan fingerprint density at radius 2 is 1.77 bits per heavy atom. The first-order valence-corrected chi connectivity index (χ1v) is 4.96. The van der Waals surface area contributed by atoms with Crippen LogP contribution in [0.2, 0.25) is 0 Å². The van der Waals surface area contributed by atoms with Crippen LogP contribution in [-0.4, -0.2) is 13.1 Å². The van der Waals surface area contributed by atoms with Gasteiger partial charge in [0, 0.05) is 13.1 Å². The van der Waals surface area contributed by atoms with Gasteiger partial charge in [0.05, 0.1) is 6.17 Å². The molecule has 0 aliphatic carbocycles. The first-order valence-electron chi connectivity index (χ1n) is 4.96. The van der Waals surface area contributed by atoms with Gasteiger partial charge in [0.2, 0.25) is 0 Å². The van der Waals surface area contributed by atoms with Crippen LogP contribution in [0, 0.1) is 0 Å². The summed E-state index contributed by atoms with van der Waals surface area (Å²) < 4.78 is 0. The van der Waals surface area contributed by atoms with Crippen LogP contribution in [0.5, 0.6) is 0 Å². The van der Waals surface area contributed by atoms with Crippen LogP contribution in [0.3, 0.4) is 0 Å². The molecule has 2 N–H and O–H groups in total.